The number of nitrogens with one attached hydrogen (secondary N) is 2. The van der Waals surface area contributed by atoms with E-state index < -0.39 is 23.4 Å². The molecule has 0 atom stereocenters. The molecule has 0 saturated carbocycles. The van der Waals surface area contributed by atoms with E-state index in [0.717, 1.165) is 18.2 Å². The Balaban J connectivity index is 1.87. The molecule has 2 aromatic rings. The van der Waals surface area contributed by atoms with Crippen molar-refractivity contribution in [2.45, 2.75) is 6.42 Å². The summed E-state index contributed by atoms with van der Waals surface area (Å²) >= 11 is 0. The van der Waals surface area contributed by atoms with Crippen molar-refractivity contribution in [3.63, 3.8) is 0 Å². The number of hydrogen-bond donors (Lipinski definition) is 3. The van der Waals surface area contributed by atoms with Gasteiger partial charge in [-0.25, -0.2) is 14.3 Å². The number of nitrogens with zero attached hydrogens (tertiary/aromatic N) is 1. The highest BCUT2D eigenvalue weighted by Gasteiger charge is 2.12. The number of rotatable bonds is 5. The van der Waals surface area contributed by atoms with E-state index in [1.807, 2.05) is 0 Å². The molecular weight excluding hydrogens is 300 g/mol. The third-order valence-corrected chi connectivity index (χ3v) is 2.73. The summed E-state index contributed by atoms with van der Waals surface area (Å²) in [5, 5.41) is 14.3. The minimum absolute atomic E-state index is 0.0168. The number of hydroxylamine groups is 1. The smallest absolute Gasteiger partial charge is 0.296 e. The van der Waals surface area contributed by atoms with Crippen molar-refractivity contribution < 1.29 is 28.1 Å². The summed E-state index contributed by atoms with van der Waals surface area (Å²) < 4.78 is 30.6. The fourth-order valence-electron chi connectivity index (χ4n) is 1.63. The molecular formula is C13H11F2N3O4. The van der Waals surface area contributed by atoms with Gasteiger partial charge in [-0.1, -0.05) is 5.16 Å². The second kappa shape index (κ2) is 6.76. The van der Waals surface area contributed by atoms with Gasteiger partial charge in [0, 0.05) is 24.6 Å². The van der Waals surface area contributed by atoms with Gasteiger partial charge in [0.1, 0.15) is 5.76 Å². The van der Waals surface area contributed by atoms with Crippen LogP contribution in [-0.4, -0.2) is 28.7 Å². The molecule has 1 heterocycles. The highest BCUT2D eigenvalue weighted by atomic mass is 19.2. The molecule has 0 aliphatic heterocycles. The predicted octanol–water partition coefficient (Wildman–Crippen LogP) is 1.04. The maximum atomic E-state index is 13.0. The van der Waals surface area contributed by atoms with Crippen molar-refractivity contribution in [3.8, 4) is 0 Å². The third kappa shape index (κ3) is 3.64. The average molecular weight is 311 g/mol. The number of aromatic nitrogens is 1. The molecule has 22 heavy (non-hydrogen) atoms. The van der Waals surface area contributed by atoms with Gasteiger partial charge in [0.25, 0.3) is 11.8 Å². The van der Waals surface area contributed by atoms with Gasteiger partial charge in [0.05, 0.1) is 0 Å². The third-order valence-electron chi connectivity index (χ3n) is 2.73. The highest BCUT2D eigenvalue weighted by Crippen LogP contribution is 2.09. The Hall–Kier alpha value is -2.81. The molecule has 0 bridgehead atoms. The molecule has 0 spiro atoms. The summed E-state index contributed by atoms with van der Waals surface area (Å²) in [5.41, 5.74) is 1.28. The zero-order valence-electron chi connectivity index (χ0n) is 11.1. The van der Waals surface area contributed by atoms with Gasteiger partial charge in [-0.3, -0.25) is 14.8 Å². The standard InChI is InChI=1S/C13H11F2N3O4/c14-9-2-1-7(5-10(9)15)12(19)16-4-3-8-6-11(18-22-8)13(20)17-21/h1-2,5-6,21H,3-4H2,(H,16,19)(H,17,20). The molecule has 116 valence electrons. The van der Waals surface area contributed by atoms with Gasteiger partial charge >= 0.3 is 0 Å². The van der Waals surface area contributed by atoms with E-state index in [-0.39, 0.29) is 24.2 Å². The van der Waals surface area contributed by atoms with Crippen LogP contribution < -0.4 is 10.8 Å². The van der Waals surface area contributed by atoms with E-state index >= 15 is 0 Å². The van der Waals surface area contributed by atoms with Crippen molar-refractivity contribution in [3.05, 3.63) is 52.9 Å². The Morgan fingerprint density at radius 1 is 1.18 bits per heavy atom. The zero-order chi connectivity index (χ0) is 16.1. The lowest BCUT2D eigenvalue weighted by Crippen LogP contribution is -2.25. The Labute approximate surface area is 122 Å². The van der Waals surface area contributed by atoms with E-state index in [1.165, 1.54) is 11.5 Å². The van der Waals surface area contributed by atoms with Crippen LogP contribution in [0.5, 0.6) is 0 Å². The summed E-state index contributed by atoms with van der Waals surface area (Å²) in [7, 11) is 0. The van der Waals surface area contributed by atoms with Crippen LogP contribution in [0.15, 0.2) is 28.8 Å². The molecule has 0 saturated heterocycles. The summed E-state index contributed by atoms with van der Waals surface area (Å²) in [4.78, 5) is 22.7. The van der Waals surface area contributed by atoms with E-state index in [4.69, 9.17) is 9.73 Å². The SMILES string of the molecule is O=C(NCCc1cc(C(=O)NO)no1)c1ccc(F)c(F)c1. The summed E-state index contributed by atoms with van der Waals surface area (Å²) in [6.07, 6.45) is 0.223. The average Bonchev–Trinajstić information content (AvgIpc) is 2.98. The molecule has 3 N–H and O–H groups in total. The highest BCUT2D eigenvalue weighted by molar-refractivity contribution is 5.94. The van der Waals surface area contributed by atoms with Crippen LogP contribution in [0.1, 0.15) is 26.6 Å². The van der Waals surface area contributed by atoms with Crippen molar-refractivity contribution in [2.75, 3.05) is 6.54 Å². The molecule has 0 radical (unpaired) electrons. The second-order valence-electron chi connectivity index (χ2n) is 4.25. The lowest BCUT2D eigenvalue weighted by Gasteiger charge is -2.04. The maximum absolute atomic E-state index is 13.0. The number of benzene rings is 1. The van der Waals surface area contributed by atoms with Gasteiger partial charge < -0.3 is 9.84 Å². The van der Waals surface area contributed by atoms with Crippen LogP contribution in [0.25, 0.3) is 0 Å². The second-order valence-corrected chi connectivity index (χ2v) is 4.25. The van der Waals surface area contributed by atoms with E-state index in [9.17, 15) is 18.4 Å². The van der Waals surface area contributed by atoms with Crippen LogP contribution in [0, 0.1) is 11.6 Å². The molecule has 7 nitrogen and oxygen atoms in total. The summed E-state index contributed by atoms with van der Waals surface area (Å²) in [6.45, 7) is 0.132. The Morgan fingerprint density at radius 3 is 2.64 bits per heavy atom. The molecule has 1 aromatic carbocycles. The normalized spacial score (nSPS) is 10.3. The van der Waals surface area contributed by atoms with Crippen molar-refractivity contribution in [2.24, 2.45) is 0 Å². The lowest BCUT2D eigenvalue weighted by molar-refractivity contribution is 0.0696. The van der Waals surface area contributed by atoms with Gasteiger partial charge in [0.15, 0.2) is 17.3 Å². The molecule has 0 fully saturated rings. The first-order valence-electron chi connectivity index (χ1n) is 6.14. The largest absolute Gasteiger partial charge is 0.361 e. The molecule has 2 amide bonds. The minimum atomic E-state index is -1.11. The molecule has 2 rings (SSSR count). The van der Waals surface area contributed by atoms with Crippen LogP contribution >= 0.6 is 0 Å². The molecule has 0 unspecified atom stereocenters. The first kappa shape index (κ1) is 15.6. The number of carbonyl (C=O) groups is 2. The fraction of sp³-hybridized carbons (Fsp3) is 0.154. The van der Waals surface area contributed by atoms with Gasteiger partial charge in [-0.15, -0.1) is 0 Å². The van der Waals surface area contributed by atoms with Crippen LogP contribution in [-0.2, 0) is 6.42 Å². The summed E-state index contributed by atoms with van der Waals surface area (Å²) in [5.74, 6) is -3.23. The molecule has 0 aliphatic rings. The lowest BCUT2D eigenvalue weighted by atomic mass is 10.2. The van der Waals surface area contributed by atoms with Crippen molar-refractivity contribution in [1.29, 1.82) is 0 Å². The Kier molecular flexibility index (Phi) is 4.79. The first-order valence-corrected chi connectivity index (χ1v) is 6.14. The van der Waals surface area contributed by atoms with Crippen molar-refractivity contribution in [1.82, 2.24) is 16.0 Å². The summed E-state index contributed by atoms with van der Waals surface area (Å²) in [6, 6.07) is 4.12. The Bertz CT molecular complexity index is 702. The topological polar surface area (TPSA) is 104 Å². The maximum Gasteiger partial charge on any atom is 0.296 e. The van der Waals surface area contributed by atoms with Crippen molar-refractivity contribution >= 4 is 11.8 Å². The van der Waals surface area contributed by atoms with Crippen LogP contribution in [0.3, 0.4) is 0 Å². The van der Waals surface area contributed by atoms with Gasteiger partial charge in [-0.05, 0) is 18.2 Å². The van der Waals surface area contributed by atoms with E-state index in [0.29, 0.717) is 5.76 Å². The van der Waals surface area contributed by atoms with Crippen LogP contribution in [0.2, 0.25) is 0 Å². The number of hydrogen-bond acceptors (Lipinski definition) is 5. The monoisotopic (exact) mass is 311 g/mol. The first-order chi connectivity index (χ1) is 10.5. The van der Waals surface area contributed by atoms with E-state index in [1.54, 1.807) is 0 Å². The van der Waals surface area contributed by atoms with E-state index in [2.05, 4.69) is 10.5 Å². The van der Waals surface area contributed by atoms with Gasteiger partial charge in [0.2, 0.25) is 0 Å². The van der Waals surface area contributed by atoms with Crippen LogP contribution in [0.4, 0.5) is 8.78 Å². The number of halogens is 2. The fourth-order valence-corrected chi connectivity index (χ4v) is 1.63. The molecule has 1 aromatic heterocycles. The van der Waals surface area contributed by atoms with Gasteiger partial charge in [-0.2, -0.15) is 0 Å². The predicted molar refractivity (Wildman–Crippen MR) is 68.2 cm³/mol. The zero-order valence-corrected chi connectivity index (χ0v) is 11.1. The quantitative estimate of drug-likeness (QED) is 0.565. The molecule has 0 aliphatic carbocycles. The minimum Gasteiger partial charge on any atom is -0.361 e. The number of amides is 2. The molecule has 9 heteroatoms. The number of carbonyl (C=O) groups excluding carboxylic acids is 2. The Morgan fingerprint density at radius 2 is 1.95 bits per heavy atom.